The minimum absolute atomic E-state index is 0. The molecule has 0 N–H and O–H groups in total. The Labute approximate surface area is 191 Å². The molecule has 0 radical (unpaired) electrons. The van der Waals surface area contributed by atoms with Crippen LogP contribution >= 0.6 is 0 Å². The van der Waals surface area contributed by atoms with Crippen LogP contribution in [0.15, 0.2) is 60.7 Å². The van der Waals surface area contributed by atoms with E-state index in [4.69, 9.17) is 0 Å². The van der Waals surface area contributed by atoms with Crippen molar-refractivity contribution in [3.05, 3.63) is 82.9 Å². The Bertz CT molecular complexity index is 755. The molecule has 2 aromatic rings. The second-order valence-electron chi connectivity index (χ2n) is 7.83. The summed E-state index contributed by atoms with van der Waals surface area (Å²) in [5, 5.41) is 0. The van der Waals surface area contributed by atoms with Gasteiger partial charge in [0.05, 0.1) is 0 Å². The number of hydrogen-bond acceptors (Lipinski definition) is 0. The van der Waals surface area contributed by atoms with Crippen molar-refractivity contribution >= 4 is 12.2 Å². The van der Waals surface area contributed by atoms with Crippen molar-refractivity contribution in [2.75, 3.05) is 0 Å². The maximum atomic E-state index is 2.49. The van der Waals surface area contributed by atoms with Gasteiger partial charge in [-0.25, -0.2) is 0 Å². The van der Waals surface area contributed by atoms with E-state index >= 15 is 0 Å². The van der Waals surface area contributed by atoms with Gasteiger partial charge in [-0.15, -0.1) is 0 Å². The first-order valence-electron chi connectivity index (χ1n) is 9.42. The van der Waals surface area contributed by atoms with Crippen molar-refractivity contribution in [2.45, 2.75) is 47.6 Å². The Morgan fingerprint density at radius 1 is 0.741 bits per heavy atom. The minimum Gasteiger partial charge on any atom is -1.00 e. The summed E-state index contributed by atoms with van der Waals surface area (Å²) in [4.78, 5) is 0. The van der Waals surface area contributed by atoms with Gasteiger partial charge in [-0.05, 0) is 0 Å². The molecule has 0 saturated carbocycles. The van der Waals surface area contributed by atoms with Gasteiger partial charge < -0.3 is 24.8 Å². The van der Waals surface area contributed by atoms with Crippen molar-refractivity contribution < 1.29 is 49.5 Å². The second-order valence-corrected chi connectivity index (χ2v) is 10.8. The van der Waals surface area contributed by atoms with Crippen LogP contribution in [0, 0.1) is 0 Å². The summed E-state index contributed by atoms with van der Waals surface area (Å²) in [7, 11) is 0. The molecule has 2 atom stereocenters. The van der Waals surface area contributed by atoms with E-state index in [-0.39, 0.29) is 24.8 Å². The van der Waals surface area contributed by atoms with Gasteiger partial charge in [0.25, 0.3) is 0 Å². The van der Waals surface area contributed by atoms with Gasteiger partial charge in [-0.3, -0.25) is 0 Å². The van der Waals surface area contributed by atoms with E-state index in [1.165, 1.54) is 47.9 Å². The van der Waals surface area contributed by atoms with Gasteiger partial charge in [-0.1, -0.05) is 0 Å². The van der Waals surface area contributed by atoms with Crippen LogP contribution in [0.4, 0.5) is 0 Å². The monoisotopic (exact) mass is 473 g/mol. The molecular formula is C24H25Cl2Zr. The third-order valence-corrected chi connectivity index (χ3v) is 7.05. The largest absolute Gasteiger partial charge is 1.00 e. The first-order chi connectivity index (χ1) is 12.1. The quantitative estimate of drug-likeness (QED) is 0.583. The van der Waals surface area contributed by atoms with Crippen LogP contribution in [0.25, 0.3) is 12.2 Å². The second kappa shape index (κ2) is 9.73. The van der Waals surface area contributed by atoms with Crippen LogP contribution in [0.3, 0.4) is 0 Å². The molecule has 0 amide bonds. The van der Waals surface area contributed by atoms with Crippen molar-refractivity contribution in [1.29, 1.82) is 0 Å². The fraction of sp³-hybridized carbons (Fsp3) is 0.333. The van der Waals surface area contributed by atoms with E-state index in [0.29, 0.717) is 15.0 Å². The van der Waals surface area contributed by atoms with E-state index in [1.54, 1.807) is 24.7 Å². The predicted octanol–water partition coefficient (Wildman–Crippen LogP) is 0.901. The average molecular weight is 476 g/mol. The topological polar surface area (TPSA) is 0 Å². The summed E-state index contributed by atoms with van der Waals surface area (Å²) in [5.74, 6) is 1.26. The zero-order valence-electron chi connectivity index (χ0n) is 15.7. The number of hydrogen-bond donors (Lipinski definition) is 0. The van der Waals surface area contributed by atoms with Gasteiger partial charge in [0, 0.05) is 0 Å². The molecule has 2 aliphatic rings. The molecule has 0 aromatic heterocycles. The van der Waals surface area contributed by atoms with Crippen LogP contribution in [-0.2, 0) is 24.7 Å². The standard InChI is InChI=1S/C24H25.2ClH.Zr/c1-18(10-12-21-16-14-19-6-2-4-8-23(19)21)11-13-22-17-15-20-7-3-5-9-24(20)22;;;/h2-9,14-17,21-22H,10-13H2,1H3;2*1H;/q;;;+2/p-2. The molecule has 4 rings (SSSR count). The fourth-order valence-electron chi connectivity index (χ4n) is 4.22. The molecule has 0 aliphatic heterocycles. The molecule has 0 heterocycles. The molecule has 0 bridgehead atoms. The Hall–Kier alpha value is -0.617. The minimum atomic E-state index is 0. The summed E-state index contributed by atoms with van der Waals surface area (Å²) in [6.07, 6.45) is 14.7. The third-order valence-electron chi connectivity index (χ3n) is 5.82. The molecule has 3 heteroatoms. The van der Waals surface area contributed by atoms with E-state index in [2.05, 4.69) is 79.8 Å². The van der Waals surface area contributed by atoms with E-state index in [1.807, 2.05) is 0 Å². The van der Waals surface area contributed by atoms with E-state index in [9.17, 15) is 0 Å². The van der Waals surface area contributed by atoms with Crippen LogP contribution in [0.2, 0.25) is 3.12 Å². The Morgan fingerprint density at radius 3 is 1.59 bits per heavy atom. The predicted molar refractivity (Wildman–Crippen MR) is 103 cm³/mol. The molecule has 0 fully saturated rings. The van der Waals surface area contributed by atoms with E-state index < -0.39 is 0 Å². The molecule has 2 aromatic carbocycles. The first kappa shape index (κ1) is 22.7. The molecule has 27 heavy (non-hydrogen) atoms. The Morgan fingerprint density at radius 2 is 1.15 bits per heavy atom. The number of benzene rings is 2. The van der Waals surface area contributed by atoms with Crippen LogP contribution in [0.5, 0.6) is 0 Å². The summed E-state index contributed by atoms with van der Waals surface area (Å²) >= 11 is 1.69. The van der Waals surface area contributed by atoms with Crippen molar-refractivity contribution in [3.8, 4) is 0 Å². The van der Waals surface area contributed by atoms with Gasteiger partial charge >= 0.3 is 167 Å². The first-order valence-corrected chi connectivity index (χ1v) is 10.6. The van der Waals surface area contributed by atoms with Crippen LogP contribution < -0.4 is 24.8 Å². The third kappa shape index (κ3) is 5.26. The van der Waals surface area contributed by atoms with Gasteiger partial charge in [-0.2, -0.15) is 0 Å². The molecule has 139 valence electrons. The summed E-state index contributed by atoms with van der Waals surface area (Å²) in [5.41, 5.74) is 5.90. The zero-order chi connectivity index (χ0) is 17.3. The number of halogens is 2. The SMILES string of the molecule is C[C]([Zr+2])(CCC1C=Cc2ccccc21)CCC1C=Cc2ccccc21.[Cl-].[Cl-]. The van der Waals surface area contributed by atoms with Gasteiger partial charge in [0.15, 0.2) is 0 Å². The Balaban J connectivity index is 0.00000131. The molecule has 0 saturated heterocycles. The normalized spacial score (nSPS) is 21.0. The Kier molecular flexibility index (Phi) is 8.17. The summed E-state index contributed by atoms with van der Waals surface area (Å²) in [6.45, 7) is 2.49. The van der Waals surface area contributed by atoms with Crippen LogP contribution in [0.1, 0.15) is 66.7 Å². The summed E-state index contributed by atoms with van der Waals surface area (Å²) in [6, 6.07) is 17.7. The molecule has 2 aliphatic carbocycles. The number of fused-ring (bicyclic) bond motifs is 2. The van der Waals surface area contributed by atoms with Gasteiger partial charge in [0.1, 0.15) is 0 Å². The molecule has 2 unspecified atom stereocenters. The van der Waals surface area contributed by atoms with Crippen molar-refractivity contribution in [2.24, 2.45) is 0 Å². The van der Waals surface area contributed by atoms with Crippen molar-refractivity contribution in [1.82, 2.24) is 0 Å². The molecule has 0 spiro atoms. The number of rotatable bonds is 6. The maximum absolute atomic E-state index is 2.49. The molecule has 0 nitrogen and oxygen atoms in total. The number of allylic oxidation sites excluding steroid dienone is 2. The van der Waals surface area contributed by atoms with Gasteiger partial charge in [0.2, 0.25) is 0 Å². The average Bonchev–Trinajstić information content (AvgIpc) is 3.23. The summed E-state index contributed by atoms with van der Waals surface area (Å²) < 4.78 is 0.490. The zero-order valence-corrected chi connectivity index (χ0v) is 19.6. The fourth-order valence-corrected chi connectivity index (χ4v) is 4.93. The smallest absolute Gasteiger partial charge is 1.00 e. The maximum Gasteiger partial charge on any atom is -1.00 e. The van der Waals surface area contributed by atoms with Crippen LogP contribution in [-0.4, -0.2) is 0 Å². The molecular weight excluding hydrogens is 450 g/mol. The van der Waals surface area contributed by atoms with Crippen molar-refractivity contribution in [3.63, 3.8) is 0 Å². The van der Waals surface area contributed by atoms with E-state index in [0.717, 1.165) is 0 Å².